The second-order valence-corrected chi connectivity index (χ2v) is 11.4. The first-order valence-electron chi connectivity index (χ1n) is 14.6. The lowest BCUT2D eigenvalue weighted by molar-refractivity contribution is 0.296. The summed E-state index contributed by atoms with van der Waals surface area (Å²) < 4.78 is 6.44. The van der Waals surface area contributed by atoms with Gasteiger partial charge in [-0.25, -0.2) is 0 Å². The van der Waals surface area contributed by atoms with Gasteiger partial charge in [-0.3, -0.25) is 0 Å². The molecule has 0 aliphatic rings. The van der Waals surface area contributed by atoms with Gasteiger partial charge in [0.05, 0.1) is 6.61 Å². The molecule has 0 atom stereocenters. The van der Waals surface area contributed by atoms with Crippen molar-refractivity contribution in [2.45, 2.75) is 70.9 Å². The molecule has 0 amide bonds. The molecule has 0 saturated carbocycles. The lowest BCUT2D eigenvalue weighted by Gasteiger charge is -2.18. The first-order valence-corrected chi connectivity index (χ1v) is 15.0. The number of benzene rings is 2. The Morgan fingerprint density at radius 1 is 0.684 bits per heavy atom. The first kappa shape index (κ1) is 32.6. The van der Waals surface area contributed by atoms with Crippen LogP contribution in [0.2, 0.25) is 5.02 Å². The lowest BCUT2D eigenvalue weighted by Crippen LogP contribution is -2.23. The van der Waals surface area contributed by atoms with E-state index in [9.17, 15) is 0 Å². The number of hydrogen-bond donors (Lipinski definition) is 2. The Morgan fingerprint density at radius 2 is 1.21 bits per heavy atom. The second-order valence-electron chi connectivity index (χ2n) is 10.9. The van der Waals surface area contributed by atoms with Crippen LogP contribution in [0.4, 0.5) is 0 Å². The molecule has 38 heavy (non-hydrogen) atoms. The highest BCUT2D eigenvalue weighted by Gasteiger charge is 2.12. The Morgan fingerprint density at radius 3 is 1.76 bits per heavy atom. The Hall–Kier alpha value is -1.63. The summed E-state index contributed by atoms with van der Waals surface area (Å²) in [5.41, 5.74) is 3.77. The summed E-state index contributed by atoms with van der Waals surface area (Å²) in [6.07, 6.45) is 10.9. The zero-order chi connectivity index (χ0) is 27.4. The molecule has 214 valence electrons. The second kappa shape index (κ2) is 20.3. The quantitative estimate of drug-likeness (QED) is 0.168. The smallest absolute Gasteiger partial charge is 0.128 e. The van der Waals surface area contributed by atoms with Gasteiger partial charge in [0.15, 0.2) is 0 Å². The standard InChI is InChI=1S/C32H53ClN4O/c1-36(2)21-14-19-34-26-29-24-31(33)25-30(27-35-20-15-22-37(3)4)32(29)38-23-13-8-6-5-7-10-16-28-17-11-9-12-18-28/h9,11-12,17-18,24-25,34-35H,5-8,10,13-16,19-23,26-27H2,1-4H3. The van der Waals surface area contributed by atoms with Crippen LogP contribution in [0.15, 0.2) is 42.5 Å². The van der Waals surface area contributed by atoms with Crippen LogP contribution < -0.4 is 15.4 Å². The van der Waals surface area contributed by atoms with Gasteiger partial charge >= 0.3 is 0 Å². The van der Waals surface area contributed by atoms with Crippen LogP contribution in [0.1, 0.15) is 68.1 Å². The van der Waals surface area contributed by atoms with E-state index in [-0.39, 0.29) is 0 Å². The zero-order valence-corrected chi connectivity index (χ0v) is 25.3. The van der Waals surface area contributed by atoms with Crippen LogP contribution in [0.25, 0.3) is 0 Å². The molecule has 0 aliphatic heterocycles. The van der Waals surface area contributed by atoms with Crippen LogP contribution >= 0.6 is 11.6 Å². The minimum absolute atomic E-state index is 0.757. The number of hydrogen-bond acceptors (Lipinski definition) is 5. The number of nitrogens with one attached hydrogen (secondary N) is 2. The van der Waals surface area contributed by atoms with Crippen molar-refractivity contribution in [3.8, 4) is 5.75 Å². The van der Waals surface area contributed by atoms with Crippen molar-refractivity contribution < 1.29 is 4.74 Å². The number of unbranched alkanes of at least 4 members (excludes halogenated alkanes) is 5. The van der Waals surface area contributed by atoms with E-state index < -0.39 is 0 Å². The molecule has 0 heterocycles. The van der Waals surface area contributed by atoms with Gasteiger partial charge in [0, 0.05) is 29.2 Å². The van der Waals surface area contributed by atoms with Crippen LogP contribution in [-0.2, 0) is 19.5 Å². The number of ether oxygens (including phenoxy) is 1. The predicted octanol–water partition coefficient (Wildman–Crippen LogP) is 6.38. The van der Waals surface area contributed by atoms with Crippen molar-refractivity contribution in [2.75, 3.05) is 61.0 Å². The third kappa shape index (κ3) is 15.1. The van der Waals surface area contributed by atoms with E-state index >= 15 is 0 Å². The molecule has 2 rings (SSSR count). The number of halogens is 1. The number of rotatable bonds is 22. The van der Waals surface area contributed by atoms with Gasteiger partial charge in [0.1, 0.15) is 5.75 Å². The molecular formula is C32H53ClN4O. The molecule has 0 aliphatic carbocycles. The average Bonchev–Trinajstić information content (AvgIpc) is 2.88. The zero-order valence-electron chi connectivity index (χ0n) is 24.5. The minimum Gasteiger partial charge on any atom is -0.493 e. The molecule has 0 saturated heterocycles. The van der Waals surface area contributed by atoms with Gasteiger partial charge in [0.25, 0.3) is 0 Å². The maximum atomic E-state index is 6.54. The summed E-state index contributed by atoms with van der Waals surface area (Å²) in [5.74, 6) is 1.01. The molecule has 0 radical (unpaired) electrons. The van der Waals surface area contributed by atoms with E-state index in [4.69, 9.17) is 16.3 Å². The molecule has 2 aromatic rings. The lowest BCUT2D eigenvalue weighted by atomic mass is 10.1. The monoisotopic (exact) mass is 544 g/mol. The van der Waals surface area contributed by atoms with Gasteiger partial charge in [-0.15, -0.1) is 0 Å². The Balaban J connectivity index is 1.80. The normalized spacial score (nSPS) is 11.6. The largest absolute Gasteiger partial charge is 0.493 e. The van der Waals surface area contributed by atoms with Gasteiger partial charge < -0.3 is 25.2 Å². The summed E-state index contributed by atoms with van der Waals surface area (Å²) >= 11 is 6.54. The number of aryl methyl sites for hydroxylation is 1. The fourth-order valence-electron chi connectivity index (χ4n) is 4.60. The molecule has 0 aromatic heterocycles. The molecule has 2 N–H and O–H groups in total. The van der Waals surface area contributed by atoms with Crippen molar-refractivity contribution in [3.05, 3.63) is 64.2 Å². The fourth-order valence-corrected chi connectivity index (χ4v) is 4.87. The van der Waals surface area contributed by atoms with Crippen LogP contribution in [0.5, 0.6) is 5.75 Å². The summed E-state index contributed by atoms with van der Waals surface area (Å²) in [4.78, 5) is 4.44. The van der Waals surface area contributed by atoms with Crippen molar-refractivity contribution >= 4 is 11.6 Å². The average molecular weight is 545 g/mol. The van der Waals surface area contributed by atoms with Crippen molar-refractivity contribution in [3.63, 3.8) is 0 Å². The summed E-state index contributed by atoms with van der Waals surface area (Å²) in [6.45, 7) is 6.43. The highest BCUT2D eigenvalue weighted by Crippen LogP contribution is 2.29. The maximum Gasteiger partial charge on any atom is 0.128 e. The third-order valence-corrected chi connectivity index (χ3v) is 6.92. The van der Waals surface area contributed by atoms with E-state index in [1.807, 2.05) is 0 Å². The molecule has 2 aromatic carbocycles. The molecule has 0 bridgehead atoms. The van der Waals surface area contributed by atoms with Crippen molar-refractivity contribution in [1.29, 1.82) is 0 Å². The van der Waals surface area contributed by atoms with Gasteiger partial charge in [-0.2, -0.15) is 0 Å². The highest BCUT2D eigenvalue weighted by atomic mass is 35.5. The predicted molar refractivity (Wildman–Crippen MR) is 165 cm³/mol. The Bertz CT molecular complexity index is 821. The summed E-state index contributed by atoms with van der Waals surface area (Å²) in [6, 6.07) is 15.0. The van der Waals surface area contributed by atoms with Gasteiger partial charge in [-0.1, -0.05) is 67.6 Å². The van der Waals surface area contributed by atoms with E-state index in [2.05, 4.69) is 91.1 Å². The highest BCUT2D eigenvalue weighted by molar-refractivity contribution is 6.30. The Labute approximate surface area is 238 Å². The van der Waals surface area contributed by atoms with Crippen LogP contribution in [0.3, 0.4) is 0 Å². The molecule has 6 heteroatoms. The summed E-state index contributed by atoms with van der Waals surface area (Å²) in [7, 11) is 8.47. The summed E-state index contributed by atoms with van der Waals surface area (Å²) in [5, 5.41) is 7.96. The molecule has 0 fully saturated rings. The minimum atomic E-state index is 0.757. The molecule has 0 spiro atoms. The molecule has 0 unspecified atom stereocenters. The fraction of sp³-hybridized carbons (Fsp3) is 0.625. The van der Waals surface area contributed by atoms with E-state index in [0.29, 0.717) is 0 Å². The third-order valence-electron chi connectivity index (χ3n) is 6.71. The van der Waals surface area contributed by atoms with Crippen molar-refractivity contribution in [2.24, 2.45) is 0 Å². The Kier molecular flexibility index (Phi) is 17.4. The molecular weight excluding hydrogens is 492 g/mol. The van der Waals surface area contributed by atoms with Gasteiger partial charge in [-0.05, 0) is 104 Å². The first-order chi connectivity index (χ1) is 18.5. The maximum absolute atomic E-state index is 6.54. The SMILES string of the molecule is CN(C)CCCNCc1cc(Cl)cc(CNCCCN(C)C)c1OCCCCCCCCc1ccccc1. The van der Waals surface area contributed by atoms with E-state index in [0.717, 1.165) is 87.0 Å². The van der Waals surface area contributed by atoms with Gasteiger partial charge in [0.2, 0.25) is 0 Å². The van der Waals surface area contributed by atoms with E-state index in [1.54, 1.807) is 0 Å². The number of nitrogens with zero attached hydrogens (tertiary/aromatic N) is 2. The molecule has 5 nitrogen and oxygen atoms in total. The van der Waals surface area contributed by atoms with Crippen LogP contribution in [-0.4, -0.2) is 70.8 Å². The van der Waals surface area contributed by atoms with Crippen molar-refractivity contribution in [1.82, 2.24) is 20.4 Å². The van der Waals surface area contributed by atoms with Crippen LogP contribution in [0, 0.1) is 0 Å². The topological polar surface area (TPSA) is 39.8 Å². The van der Waals surface area contributed by atoms with E-state index in [1.165, 1.54) is 44.1 Å².